The summed E-state index contributed by atoms with van der Waals surface area (Å²) in [6.45, 7) is 3.66. The zero-order valence-electron chi connectivity index (χ0n) is 11.4. The molecule has 9 heteroatoms. The topological polar surface area (TPSA) is 117 Å². The van der Waals surface area contributed by atoms with E-state index in [4.69, 9.17) is 10.5 Å². The number of nitrogens with two attached hydrogens (primary N) is 1. The summed E-state index contributed by atoms with van der Waals surface area (Å²) >= 11 is 1.03. The van der Waals surface area contributed by atoms with Gasteiger partial charge in [-0.25, -0.2) is 0 Å². The number of nitrogen functional groups attached to an aromatic ring is 1. The Labute approximate surface area is 124 Å². The molecule has 0 amide bonds. The Morgan fingerprint density at radius 2 is 2.00 bits per heavy atom. The quantitative estimate of drug-likeness (QED) is 0.660. The molecule has 1 aromatic heterocycles. The second-order valence-electron chi connectivity index (χ2n) is 4.25. The lowest BCUT2D eigenvalue weighted by Gasteiger charge is -2.08. The minimum absolute atomic E-state index is 0.00161. The molecule has 0 aliphatic rings. The van der Waals surface area contributed by atoms with Gasteiger partial charge in [0.25, 0.3) is 5.69 Å². The highest BCUT2D eigenvalue weighted by Gasteiger charge is 2.16. The summed E-state index contributed by atoms with van der Waals surface area (Å²) in [4.78, 5) is 22.8. The molecule has 0 bridgehead atoms. The maximum absolute atomic E-state index is 11.0. The number of hydrogen-bond donors (Lipinski definition) is 1. The Bertz CT molecular complexity index is 665. The van der Waals surface area contributed by atoms with Crippen LogP contribution in [0.2, 0.25) is 0 Å². The molecule has 110 valence electrons. The highest BCUT2D eigenvalue weighted by molar-refractivity contribution is 7.99. The molecule has 1 aromatic carbocycles. The summed E-state index contributed by atoms with van der Waals surface area (Å²) in [7, 11) is 0. The van der Waals surface area contributed by atoms with Gasteiger partial charge in [-0.05, 0) is 31.7 Å². The van der Waals surface area contributed by atoms with E-state index in [0.717, 1.165) is 11.8 Å². The van der Waals surface area contributed by atoms with Crippen molar-refractivity contribution in [3.63, 3.8) is 0 Å². The second-order valence-corrected chi connectivity index (χ2v) is 5.26. The van der Waals surface area contributed by atoms with Crippen molar-refractivity contribution < 1.29 is 9.66 Å². The summed E-state index contributed by atoms with van der Waals surface area (Å²) in [6, 6.07) is 6.42. The zero-order valence-corrected chi connectivity index (χ0v) is 12.2. The van der Waals surface area contributed by atoms with E-state index in [0.29, 0.717) is 4.90 Å². The Balaban J connectivity index is 2.31. The van der Waals surface area contributed by atoms with Crippen molar-refractivity contribution in [1.29, 1.82) is 0 Å². The minimum atomic E-state index is -0.460. The third kappa shape index (κ3) is 4.02. The van der Waals surface area contributed by atoms with E-state index in [1.54, 1.807) is 18.2 Å². The molecule has 1 heterocycles. The molecular weight excluding hydrogens is 294 g/mol. The lowest BCUT2D eigenvalue weighted by atomic mass is 10.3. The first kappa shape index (κ1) is 15.0. The molecule has 0 atom stereocenters. The molecule has 0 spiro atoms. The predicted octanol–water partition coefficient (Wildman–Crippen LogP) is 2.30. The number of nitro benzene ring substituents is 1. The number of rotatable bonds is 5. The van der Waals surface area contributed by atoms with Crippen LogP contribution >= 0.6 is 11.8 Å². The van der Waals surface area contributed by atoms with Crippen LogP contribution in [0.3, 0.4) is 0 Å². The minimum Gasteiger partial charge on any atom is -0.461 e. The van der Waals surface area contributed by atoms with Gasteiger partial charge in [-0.15, -0.1) is 0 Å². The largest absolute Gasteiger partial charge is 0.461 e. The Morgan fingerprint density at radius 3 is 2.67 bits per heavy atom. The van der Waals surface area contributed by atoms with E-state index in [9.17, 15) is 10.1 Å². The third-order valence-corrected chi connectivity index (χ3v) is 3.15. The fourth-order valence-electron chi connectivity index (χ4n) is 1.45. The van der Waals surface area contributed by atoms with E-state index in [1.165, 1.54) is 6.07 Å². The number of aromatic nitrogens is 3. The van der Waals surface area contributed by atoms with Crippen LogP contribution < -0.4 is 10.5 Å². The molecule has 8 nitrogen and oxygen atoms in total. The molecule has 21 heavy (non-hydrogen) atoms. The Hall–Kier alpha value is -2.42. The van der Waals surface area contributed by atoms with E-state index in [-0.39, 0.29) is 28.9 Å². The predicted molar refractivity (Wildman–Crippen MR) is 77.2 cm³/mol. The van der Waals surface area contributed by atoms with Gasteiger partial charge in [0.05, 0.1) is 15.9 Å². The summed E-state index contributed by atoms with van der Waals surface area (Å²) in [6.07, 6.45) is -0.115. The van der Waals surface area contributed by atoms with Crippen LogP contribution in [-0.4, -0.2) is 26.0 Å². The summed E-state index contributed by atoms with van der Waals surface area (Å²) < 4.78 is 5.36. The van der Waals surface area contributed by atoms with E-state index >= 15 is 0 Å². The van der Waals surface area contributed by atoms with Crippen LogP contribution in [0, 0.1) is 10.1 Å². The lowest BCUT2D eigenvalue weighted by Crippen LogP contribution is -2.10. The van der Waals surface area contributed by atoms with Gasteiger partial charge in [-0.1, -0.05) is 12.1 Å². The first-order valence-corrected chi connectivity index (χ1v) is 6.87. The molecule has 2 rings (SSSR count). The molecule has 2 aromatic rings. The van der Waals surface area contributed by atoms with Gasteiger partial charge in [0.1, 0.15) is 0 Å². The number of benzene rings is 1. The molecular formula is C12H13N5O3S. The van der Waals surface area contributed by atoms with E-state index < -0.39 is 4.92 Å². The Morgan fingerprint density at radius 1 is 1.29 bits per heavy atom. The number of nitrogens with zero attached hydrogens (tertiary/aromatic N) is 4. The van der Waals surface area contributed by atoms with Gasteiger partial charge >= 0.3 is 6.01 Å². The third-order valence-electron chi connectivity index (χ3n) is 2.22. The number of nitro groups is 1. The van der Waals surface area contributed by atoms with E-state index in [2.05, 4.69) is 15.0 Å². The van der Waals surface area contributed by atoms with Gasteiger partial charge in [0.2, 0.25) is 11.1 Å². The average Bonchev–Trinajstić information content (AvgIpc) is 2.37. The molecule has 2 N–H and O–H groups in total. The Kier molecular flexibility index (Phi) is 4.53. The van der Waals surface area contributed by atoms with Crippen molar-refractivity contribution in [2.24, 2.45) is 0 Å². The monoisotopic (exact) mass is 307 g/mol. The fraction of sp³-hybridized carbons (Fsp3) is 0.250. The normalized spacial score (nSPS) is 10.6. The van der Waals surface area contributed by atoms with Crippen LogP contribution in [0.1, 0.15) is 13.8 Å². The van der Waals surface area contributed by atoms with Crippen molar-refractivity contribution >= 4 is 23.4 Å². The number of ether oxygens (including phenoxy) is 1. The smallest absolute Gasteiger partial charge is 0.322 e. The van der Waals surface area contributed by atoms with Crippen LogP contribution in [0.4, 0.5) is 11.6 Å². The molecule has 0 saturated carbocycles. The van der Waals surface area contributed by atoms with Crippen LogP contribution in [0.25, 0.3) is 0 Å². The van der Waals surface area contributed by atoms with Gasteiger partial charge < -0.3 is 10.5 Å². The standard InChI is InChI=1S/C12H13N5O3S/c1-7(2)20-11-14-10(13)15-12(16-11)21-9-6-4-3-5-8(9)17(18)19/h3-7H,1-2H3,(H2,13,14,15,16). The lowest BCUT2D eigenvalue weighted by molar-refractivity contribution is -0.387. The van der Waals surface area contributed by atoms with E-state index in [1.807, 2.05) is 13.8 Å². The van der Waals surface area contributed by atoms with Crippen LogP contribution in [0.5, 0.6) is 6.01 Å². The fourth-order valence-corrected chi connectivity index (χ4v) is 2.31. The summed E-state index contributed by atoms with van der Waals surface area (Å²) in [5, 5.41) is 11.2. The van der Waals surface area contributed by atoms with Gasteiger partial charge in [-0.2, -0.15) is 15.0 Å². The molecule has 0 aliphatic carbocycles. The maximum Gasteiger partial charge on any atom is 0.322 e. The first-order valence-electron chi connectivity index (χ1n) is 6.05. The van der Waals surface area contributed by atoms with Crippen molar-refractivity contribution in [1.82, 2.24) is 15.0 Å². The molecule has 0 radical (unpaired) electrons. The molecule has 0 saturated heterocycles. The van der Waals surface area contributed by atoms with Crippen molar-refractivity contribution in [2.45, 2.75) is 30.0 Å². The van der Waals surface area contributed by atoms with Gasteiger partial charge in [-0.3, -0.25) is 10.1 Å². The summed E-state index contributed by atoms with van der Waals surface area (Å²) in [5.74, 6) is 0.00161. The van der Waals surface area contributed by atoms with Crippen molar-refractivity contribution in [2.75, 3.05) is 5.73 Å². The van der Waals surface area contributed by atoms with Gasteiger partial charge in [0, 0.05) is 6.07 Å². The average molecular weight is 307 g/mol. The number of anilines is 1. The van der Waals surface area contributed by atoms with Crippen molar-refractivity contribution in [3.8, 4) is 6.01 Å². The highest BCUT2D eigenvalue weighted by Crippen LogP contribution is 2.33. The first-order chi connectivity index (χ1) is 9.95. The van der Waals surface area contributed by atoms with Crippen molar-refractivity contribution in [3.05, 3.63) is 34.4 Å². The SMILES string of the molecule is CC(C)Oc1nc(N)nc(Sc2ccccc2[N+](=O)[O-])n1. The van der Waals surface area contributed by atoms with Crippen LogP contribution in [0.15, 0.2) is 34.3 Å². The molecule has 0 fully saturated rings. The molecule has 0 unspecified atom stereocenters. The second kappa shape index (κ2) is 6.35. The van der Waals surface area contributed by atoms with Crippen LogP contribution in [-0.2, 0) is 0 Å². The maximum atomic E-state index is 11.0. The zero-order chi connectivity index (χ0) is 15.4. The number of para-hydroxylation sites is 1. The van der Waals surface area contributed by atoms with Gasteiger partial charge in [0.15, 0.2) is 0 Å². The highest BCUT2D eigenvalue weighted by atomic mass is 32.2. The summed E-state index contributed by atoms with van der Waals surface area (Å²) in [5.41, 5.74) is 5.58. The molecule has 0 aliphatic heterocycles. The number of hydrogen-bond acceptors (Lipinski definition) is 8.